The van der Waals surface area contributed by atoms with Crippen molar-refractivity contribution < 1.29 is 23.8 Å². The highest BCUT2D eigenvalue weighted by atomic mass is 19.1. The van der Waals surface area contributed by atoms with Crippen LogP contribution in [0, 0.1) is 0 Å². The van der Waals surface area contributed by atoms with Gasteiger partial charge in [-0.15, -0.1) is 0 Å². The molecule has 5 nitrogen and oxygen atoms in total. The number of hydrogen-bond acceptors (Lipinski definition) is 3. The summed E-state index contributed by atoms with van der Waals surface area (Å²) in [5.41, 5.74) is 1.98. The van der Waals surface area contributed by atoms with Gasteiger partial charge in [0.15, 0.2) is 0 Å². The molecule has 0 bridgehead atoms. The molecule has 1 amide bonds. The topological polar surface area (TPSA) is 67.8 Å². The number of carboxylic acid groups (broad SMARTS) is 1. The number of benzene rings is 1. The van der Waals surface area contributed by atoms with Gasteiger partial charge in [0.2, 0.25) is 0 Å². The standard InChI is InChI=1S/C19H30FNO4/c1-4-16(21-19(22)23)11-15-13-17(24-2)14(12-18(15)25-3)9-7-5-6-8-10-20/h12-13,16,21H,4-11H2,1-3H3,(H,22,23). The third kappa shape index (κ3) is 7.20. The van der Waals surface area contributed by atoms with Crippen LogP contribution in [0.5, 0.6) is 11.5 Å². The Kier molecular flexibility index (Phi) is 9.73. The van der Waals surface area contributed by atoms with E-state index in [9.17, 15) is 9.18 Å². The van der Waals surface area contributed by atoms with Crippen molar-refractivity contribution in [2.75, 3.05) is 20.9 Å². The normalized spacial score (nSPS) is 11.8. The zero-order chi connectivity index (χ0) is 18.7. The van der Waals surface area contributed by atoms with Gasteiger partial charge in [0.25, 0.3) is 0 Å². The van der Waals surface area contributed by atoms with Crippen molar-refractivity contribution in [2.45, 2.75) is 57.9 Å². The molecular formula is C19H30FNO4. The van der Waals surface area contributed by atoms with E-state index in [1.165, 1.54) is 0 Å². The molecule has 1 unspecified atom stereocenters. The number of halogens is 1. The predicted octanol–water partition coefficient (Wildman–Crippen LogP) is 4.36. The van der Waals surface area contributed by atoms with Gasteiger partial charge >= 0.3 is 6.09 Å². The Bertz CT molecular complexity index is 536. The van der Waals surface area contributed by atoms with Gasteiger partial charge in [-0.3, -0.25) is 4.39 Å². The first-order valence-electron chi connectivity index (χ1n) is 8.84. The van der Waals surface area contributed by atoms with Crippen LogP contribution in [0.2, 0.25) is 0 Å². The molecule has 0 spiro atoms. The molecule has 1 aromatic carbocycles. The average molecular weight is 355 g/mol. The number of nitrogens with one attached hydrogen (secondary N) is 1. The average Bonchev–Trinajstić information content (AvgIpc) is 2.60. The van der Waals surface area contributed by atoms with Crippen LogP contribution < -0.4 is 14.8 Å². The first kappa shape index (κ1) is 21.1. The zero-order valence-electron chi connectivity index (χ0n) is 15.4. The Hall–Kier alpha value is -1.98. The summed E-state index contributed by atoms with van der Waals surface area (Å²) in [4.78, 5) is 10.9. The molecular weight excluding hydrogens is 325 g/mol. The van der Waals surface area contributed by atoms with E-state index >= 15 is 0 Å². The van der Waals surface area contributed by atoms with E-state index in [-0.39, 0.29) is 12.7 Å². The van der Waals surface area contributed by atoms with Crippen LogP contribution in [0.4, 0.5) is 9.18 Å². The second-order valence-electron chi connectivity index (χ2n) is 6.09. The van der Waals surface area contributed by atoms with Crippen molar-refractivity contribution in [3.63, 3.8) is 0 Å². The maximum absolute atomic E-state index is 12.1. The summed E-state index contributed by atoms with van der Waals surface area (Å²) < 4.78 is 23.1. The number of unbranched alkanes of at least 4 members (excludes halogenated alkanes) is 3. The molecule has 0 saturated heterocycles. The van der Waals surface area contributed by atoms with Gasteiger partial charge in [-0.25, -0.2) is 4.79 Å². The Balaban J connectivity index is 2.87. The second kappa shape index (κ2) is 11.6. The van der Waals surface area contributed by atoms with Crippen molar-refractivity contribution in [3.05, 3.63) is 23.3 Å². The lowest BCUT2D eigenvalue weighted by Gasteiger charge is -2.19. The summed E-state index contributed by atoms with van der Waals surface area (Å²) in [6, 6.07) is 3.72. The SMILES string of the molecule is CCC(Cc1cc(OC)c(CCCCCCF)cc1OC)NC(=O)O. The fraction of sp³-hybridized carbons (Fsp3) is 0.632. The number of ether oxygens (including phenoxy) is 2. The maximum atomic E-state index is 12.1. The minimum atomic E-state index is -1.03. The summed E-state index contributed by atoms with van der Waals surface area (Å²) in [6.45, 7) is 1.69. The number of carbonyl (C=O) groups is 1. The van der Waals surface area contributed by atoms with E-state index in [1.807, 2.05) is 19.1 Å². The van der Waals surface area contributed by atoms with Crippen LogP contribution >= 0.6 is 0 Å². The second-order valence-corrected chi connectivity index (χ2v) is 6.09. The Morgan fingerprint density at radius 2 is 1.72 bits per heavy atom. The van der Waals surface area contributed by atoms with Gasteiger partial charge in [0.05, 0.1) is 20.9 Å². The van der Waals surface area contributed by atoms with E-state index < -0.39 is 6.09 Å². The quantitative estimate of drug-likeness (QED) is 0.547. The van der Waals surface area contributed by atoms with Crippen LogP contribution in [-0.2, 0) is 12.8 Å². The summed E-state index contributed by atoms with van der Waals surface area (Å²) in [5.74, 6) is 1.52. The molecule has 1 rings (SSSR count). The highest BCUT2D eigenvalue weighted by Crippen LogP contribution is 2.31. The van der Waals surface area contributed by atoms with E-state index in [1.54, 1.807) is 14.2 Å². The van der Waals surface area contributed by atoms with Gasteiger partial charge in [-0.1, -0.05) is 19.8 Å². The lowest BCUT2D eigenvalue weighted by Crippen LogP contribution is -2.34. The molecule has 0 aliphatic carbocycles. The van der Waals surface area contributed by atoms with E-state index in [4.69, 9.17) is 14.6 Å². The third-order valence-corrected chi connectivity index (χ3v) is 4.30. The van der Waals surface area contributed by atoms with E-state index in [0.29, 0.717) is 19.3 Å². The monoisotopic (exact) mass is 355 g/mol. The van der Waals surface area contributed by atoms with Crippen molar-refractivity contribution in [1.82, 2.24) is 5.32 Å². The molecule has 0 fully saturated rings. The van der Waals surface area contributed by atoms with Crippen LogP contribution in [0.25, 0.3) is 0 Å². The summed E-state index contributed by atoms with van der Waals surface area (Å²) >= 11 is 0. The van der Waals surface area contributed by atoms with Crippen LogP contribution in [0.15, 0.2) is 12.1 Å². The minimum absolute atomic E-state index is 0.178. The van der Waals surface area contributed by atoms with Crippen molar-refractivity contribution in [2.24, 2.45) is 0 Å². The van der Waals surface area contributed by atoms with Crippen LogP contribution in [-0.4, -0.2) is 38.1 Å². The number of methoxy groups -OCH3 is 2. The molecule has 25 heavy (non-hydrogen) atoms. The molecule has 0 aromatic heterocycles. The van der Waals surface area contributed by atoms with Crippen LogP contribution in [0.3, 0.4) is 0 Å². The largest absolute Gasteiger partial charge is 0.496 e. The minimum Gasteiger partial charge on any atom is -0.496 e. The van der Waals surface area contributed by atoms with Gasteiger partial charge < -0.3 is 19.9 Å². The molecule has 1 atom stereocenters. The highest BCUT2D eigenvalue weighted by molar-refractivity contribution is 5.65. The summed E-state index contributed by atoms with van der Waals surface area (Å²) in [6.07, 6.45) is 4.52. The Morgan fingerprint density at radius 3 is 2.28 bits per heavy atom. The fourth-order valence-electron chi connectivity index (χ4n) is 2.88. The lowest BCUT2D eigenvalue weighted by molar-refractivity contribution is 0.189. The Morgan fingerprint density at radius 1 is 1.12 bits per heavy atom. The number of aryl methyl sites for hydroxylation is 1. The zero-order valence-corrected chi connectivity index (χ0v) is 15.4. The van der Waals surface area contributed by atoms with E-state index in [2.05, 4.69) is 5.32 Å². The number of alkyl halides is 1. The first-order valence-corrected chi connectivity index (χ1v) is 8.84. The maximum Gasteiger partial charge on any atom is 0.404 e. The molecule has 0 aliphatic heterocycles. The molecule has 142 valence electrons. The highest BCUT2D eigenvalue weighted by Gasteiger charge is 2.16. The summed E-state index contributed by atoms with van der Waals surface area (Å²) in [5, 5.41) is 11.5. The molecule has 0 heterocycles. The smallest absolute Gasteiger partial charge is 0.404 e. The molecule has 0 saturated carbocycles. The molecule has 6 heteroatoms. The molecule has 2 N–H and O–H groups in total. The van der Waals surface area contributed by atoms with Gasteiger partial charge in [0.1, 0.15) is 11.5 Å². The van der Waals surface area contributed by atoms with Gasteiger partial charge in [0, 0.05) is 6.04 Å². The number of rotatable bonds is 12. The lowest BCUT2D eigenvalue weighted by atomic mass is 9.98. The van der Waals surface area contributed by atoms with Crippen LogP contribution in [0.1, 0.15) is 50.2 Å². The van der Waals surface area contributed by atoms with Gasteiger partial charge in [-0.2, -0.15) is 0 Å². The van der Waals surface area contributed by atoms with Crippen molar-refractivity contribution >= 4 is 6.09 Å². The van der Waals surface area contributed by atoms with Crippen molar-refractivity contribution in [1.29, 1.82) is 0 Å². The predicted molar refractivity (Wildman–Crippen MR) is 96.6 cm³/mol. The molecule has 0 aliphatic rings. The van der Waals surface area contributed by atoms with E-state index in [0.717, 1.165) is 48.3 Å². The Labute approximate surface area is 149 Å². The third-order valence-electron chi connectivity index (χ3n) is 4.30. The first-order chi connectivity index (χ1) is 12.0. The van der Waals surface area contributed by atoms with Crippen molar-refractivity contribution in [3.8, 4) is 11.5 Å². The molecule has 0 radical (unpaired) electrons. The van der Waals surface area contributed by atoms with Gasteiger partial charge in [-0.05, 0) is 55.4 Å². The molecule has 1 aromatic rings. The fourth-order valence-corrected chi connectivity index (χ4v) is 2.88. The summed E-state index contributed by atoms with van der Waals surface area (Å²) in [7, 11) is 3.24. The number of amides is 1. The number of hydrogen-bond donors (Lipinski definition) is 2.